The Morgan fingerprint density at radius 1 is 1.53 bits per heavy atom. The van der Waals surface area contributed by atoms with Crippen LogP contribution < -0.4 is 4.74 Å². The van der Waals surface area contributed by atoms with Crippen LogP contribution in [0.5, 0.6) is 5.75 Å². The Hall–Kier alpha value is -1.29. The Kier molecular flexibility index (Phi) is 3.91. The van der Waals surface area contributed by atoms with Crippen molar-refractivity contribution in [1.82, 2.24) is 0 Å². The second-order valence-corrected chi connectivity index (χ2v) is 3.78. The van der Waals surface area contributed by atoms with Gasteiger partial charge in [-0.2, -0.15) is 0 Å². The molecule has 0 aliphatic heterocycles. The van der Waals surface area contributed by atoms with Crippen molar-refractivity contribution >= 4 is 28.0 Å². The van der Waals surface area contributed by atoms with Crippen molar-refractivity contribution in [3.8, 4) is 5.75 Å². The summed E-state index contributed by atoms with van der Waals surface area (Å²) in [6, 6.07) is 3.71. The summed E-state index contributed by atoms with van der Waals surface area (Å²) in [4.78, 5) is 10.4. The summed E-state index contributed by atoms with van der Waals surface area (Å²) in [5, 5.41) is 8.56. The monoisotopic (exact) mass is 270 g/mol. The Balaban J connectivity index is 3.23. The molecule has 0 bridgehead atoms. The van der Waals surface area contributed by atoms with Gasteiger partial charge in [0.05, 0.1) is 7.11 Å². The highest BCUT2D eigenvalue weighted by molar-refractivity contribution is 9.10. The highest BCUT2D eigenvalue weighted by atomic mass is 79.9. The largest absolute Gasteiger partial charge is 0.496 e. The molecule has 0 unspecified atom stereocenters. The third-order valence-electron chi connectivity index (χ3n) is 1.95. The van der Waals surface area contributed by atoms with Gasteiger partial charge >= 0.3 is 5.97 Å². The fourth-order valence-corrected chi connectivity index (χ4v) is 1.63. The van der Waals surface area contributed by atoms with E-state index in [1.165, 1.54) is 6.08 Å². The average Bonchev–Trinajstić information content (AvgIpc) is 2.20. The standard InChI is InChI=1S/C11H11BrO3/c1-7-3-5-9(15-2)8(11(7)12)4-6-10(13)14/h3-6H,1-2H3,(H,13,14)/b6-4+. The lowest BCUT2D eigenvalue weighted by Crippen LogP contribution is -1.92. The number of carbonyl (C=O) groups is 1. The number of benzene rings is 1. The molecular weight excluding hydrogens is 260 g/mol. The van der Waals surface area contributed by atoms with Gasteiger partial charge in [0.25, 0.3) is 0 Å². The van der Waals surface area contributed by atoms with Crippen LogP contribution in [0.4, 0.5) is 0 Å². The van der Waals surface area contributed by atoms with Crippen molar-refractivity contribution in [2.24, 2.45) is 0 Å². The first kappa shape index (κ1) is 11.8. The fourth-order valence-electron chi connectivity index (χ4n) is 1.17. The van der Waals surface area contributed by atoms with Crippen LogP contribution in [-0.4, -0.2) is 18.2 Å². The minimum atomic E-state index is -0.981. The van der Waals surface area contributed by atoms with Crippen LogP contribution in [0.3, 0.4) is 0 Å². The predicted octanol–water partition coefficient (Wildman–Crippen LogP) is 2.86. The highest BCUT2D eigenvalue weighted by Crippen LogP contribution is 2.30. The summed E-state index contributed by atoms with van der Waals surface area (Å²) in [6.07, 6.45) is 2.60. The van der Waals surface area contributed by atoms with Gasteiger partial charge in [0.1, 0.15) is 5.75 Å². The highest BCUT2D eigenvalue weighted by Gasteiger charge is 2.07. The first-order valence-electron chi connectivity index (χ1n) is 4.30. The van der Waals surface area contributed by atoms with E-state index in [9.17, 15) is 4.79 Å². The molecule has 0 heterocycles. The minimum Gasteiger partial charge on any atom is -0.496 e. The van der Waals surface area contributed by atoms with Crippen molar-refractivity contribution in [3.05, 3.63) is 33.8 Å². The fraction of sp³-hybridized carbons (Fsp3) is 0.182. The van der Waals surface area contributed by atoms with Gasteiger partial charge in [-0.1, -0.05) is 6.07 Å². The molecular formula is C11H11BrO3. The number of aliphatic carboxylic acids is 1. The molecule has 0 radical (unpaired) electrons. The molecule has 0 saturated carbocycles. The number of methoxy groups -OCH3 is 1. The van der Waals surface area contributed by atoms with Gasteiger partial charge in [-0.05, 0) is 40.6 Å². The second-order valence-electron chi connectivity index (χ2n) is 2.98. The number of rotatable bonds is 3. The second kappa shape index (κ2) is 4.98. The maximum absolute atomic E-state index is 10.4. The minimum absolute atomic E-state index is 0.643. The third-order valence-corrected chi connectivity index (χ3v) is 3.00. The Labute approximate surface area is 96.5 Å². The number of hydrogen-bond acceptors (Lipinski definition) is 2. The summed E-state index contributed by atoms with van der Waals surface area (Å²) in [5.74, 6) is -0.338. The van der Waals surface area contributed by atoms with E-state index < -0.39 is 5.97 Å². The lowest BCUT2D eigenvalue weighted by Gasteiger charge is -2.08. The average molecular weight is 271 g/mol. The molecule has 4 heteroatoms. The summed E-state index contributed by atoms with van der Waals surface area (Å²) in [7, 11) is 1.55. The summed E-state index contributed by atoms with van der Waals surface area (Å²) < 4.78 is 5.99. The molecule has 1 N–H and O–H groups in total. The van der Waals surface area contributed by atoms with Gasteiger partial charge in [-0.3, -0.25) is 0 Å². The third kappa shape index (κ3) is 2.83. The molecule has 0 aliphatic carbocycles. The van der Waals surface area contributed by atoms with Crippen LogP contribution in [0.15, 0.2) is 22.7 Å². The summed E-state index contributed by atoms with van der Waals surface area (Å²) >= 11 is 3.40. The van der Waals surface area contributed by atoms with Crippen LogP contribution in [0.1, 0.15) is 11.1 Å². The van der Waals surface area contributed by atoms with E-state index in [2.05, 4.69) is 15.9 Å². The van der Waals surface area contributed by atoms with E-state index in [-0.39, 0.29) is 0 Å². The van der Waals surface area contributed by atoms with E-state index >= 15 is 0 Å². The zero-order valence-corrected chi connectivity index (χ0v) is 10.0. The Morgan fingerprint density at radius 3 is 2.73 bits per heavy atom. The molecule has 1 aromatic carbocycles. The van der Waals surface area contributed by atoms with Gasteiger partial charge in [-0.25, -0.2) is 4.79 Å². The normalized spacial score (nSPS) is 10.6. The first-order chi connectivity index (χ1) is 7.06. The Bertz CT molecular complexity index is 411. The lowest BCUT2D eigenvalue weighted by molar-refractivity contribution is -0.131. The van der Waals surface area contributed by atoms with E-state index in [0.717, 1.165) is 21.7 Å². The van der Waals surface area contributed by atoms with E-state index in [1.807, 2.05) is 19.1 Å². The molecule has 0 amide bonds. The van der Waals surface area contributed by atoms with Crippen LogP contribution >= 0.6 is 15.9 Å². The summed E-state index contributed by atoms with van der Waals surface area (Å²) in [5.41, 5.74) is 1.76. The van der Waals surface area contributed by atoms with Crippen molar-refractivity contribution in [2.45, 2.75) is 6.92 Å². The lowest BCUT2D eigenvalue weighted by atomic mass is 10.1. The van der Waals surface area contributed by atoms with Crippen molar-refractivity contribution < 1.29 is 14.6 Å². The van der Waals surface area contributed by atoms with Crippen LogP contribution in [0.25, 0.3) is 6.08 Å². The zero-order chi connectivity index (χ0) is 11.4. The van der Waals surface area contributed by atoms with Crippen molar-refractivity contribution in [1.29, 1.82) is 0 Å². The van der Waals surface area contributed by atoms with Gasteiger partial charge in [0, 0.05) is 16.1 Å². The van der Waals surface area contributed by atoms with Gasteiger partial charge < -0.3 is 9.84 Å². The van der Waals surface area contributed by atoms with Crippen molar-refractivity contribution in [3.63, 3.8) is 0 Å². The van der Waals surface area contributed by atoms with Crippen LogP contribution in [-0.2, 0) is 4.79 Å². The van der Waals surface area contributed by atoms with Gasteiger partial charge in [0.15, 0.2) is 0 Å². The number of carboxylic acids is 1. The summed E-state index contributed by atoms with van der Waals surface area (Å²) in [6.45, 7) is 1.93. The Morgan fingerprint density at radius 2 is 2.20 bits per heavy atom. The first-order valence-corrected chi connectivity index (χ1v) is 5.09. The molecule has 80 valence electrons. The molecule has 1 aromatic rings. The topological polar surface area (TPSA) is 46.5 Å². The SMILES string of the molecule is COc1ccc(C)c(Br)c1/C=C/C(=O)O. The molecule has 15 heavy (non-hydrogen) atoms. The maximum atomic E-state index is 10.4. The smallest absolute Gasteiger partial charge is 0.328 e. The van der Waals surface area contributed by atoms with Crippen LogP contribution in [0.2, 0.25) is 0 Å². The van der Waals surface area contributed by atoms with Gasteiger partial charge in [-0.15, -0.1) is 0 Å². The van der Waals surface area contributed by atoms with E-state index in [0.29, 0.717) is 5.75 Å². The zero-order valence-electron chi connectivity index (χ0n) is 8.45. The molecule has 0 aromatic heterocycles. The molecule has 3 nitrogen and oxygen atoms in total. The molecule has 0 spiro atoms. The quantitative estimate of drug-likeness (QED) is 0.860. The number of aryl methyl sites for hydroxylation is 1. The predicted molar refractivity (Wildman–Crippen MR) is 62.1 cm³/mol. The van der Waals surface area contributed by atoms with Crippen LogP contribution in [0, 0.1) is 6.92 Å². The van der Waals surface area contributed by atoms with Crippen molar-refractivity contribution in [2.75, 3.05) is 7.11 Å². The number of ether oxygens (including phenoxy) is 1. The molecule has 0 atom stereocenters. The molecule has 0 aliphatic rings. The number of hydrogen-bond donors (Lipinski definition) is 1. The van der Waals surface area contributed by atoms with E-state index in [4.69, 9.17) is 9.84 Å². The maximum Gasteiger partial charge on any atom is 0.328 e. The molecule has 0 fully saturated rings. The van der Waals surface area contributed by atoms with Gasteiger partial charge in [0.2, 0.25) is 0 Å². The number of carboxylic acid groups (broad SMARTS) is 1. The molecule has 1 rings (SSSR count). The van der Waals surface area contributed by atoms with E-state index in [1.54, 1.807) is 7.11 Å². The number of halogens is 1. The molecule has 0 saturated heterocycles.